The summed E-state index contributed by atoms with van der Waals surface area (Å²) < 4.78 is 1.61. The molecule has 2 N–H and O–H groups in total. The van der Waals surface area contributed by atoms with Crippen molar-refractivity contribution in [1.82, 2.24) is 14.5 Å². The SMILES string of the molecule is Cc1cnc(NCCn2cnc(C(=O)O)c2)cc1[N+](=O)[O-]. The van der Waals surface area contributed by atoms with Crippen LogP contribution in [0, 0.1) is 17.0 Å². The van der Waals surface area contributed by atoms with Crippen molar-refractivity contribution < 1.29 is 14.8 Å². The van der Waals surface area contributed by atoms with Crippen molar-refractivity contribution in [2.75, 3.05) is 11.9 Å². The van der Waals surface area contributed by atoms with E-state index in [2.05, 4.69) is 15.3 Å². The molecular weight excluding hydrogens is 278 g/mol. The Morgan fingerprint density at radius 3 is 2.90 bits per heavy atom. The number of carboxylic acids is 1. The van der Waals surface area contributed by atoms with Crippen LogP contribution < -0.4 is 5.32 Å². The Labute approximate surface area is 119 Å². The van der Waals surface area contributed by atoms with Crippen molar-refractivity contribution in [2.45, 2.75) is 13.5 Å². The first kappa shape index (κ1) is 14.4. The Kier molecular flexibility index (Phi) is 4.12. The molecule has 0 saturated carbocycles. The quantitative estimate of drug-likeness (QED) is 0.607. The van der Waals surface area contributed by atoms with Crippen LogP contribution in [-0.4, -0.2) is 37.1 Å². The molecule has 0 bridgehead atoms. The molecule has 0 fully saturated rings. The van der Waals surface area contributed by atoms with Crippen LogP contribution in [0.4, 0.5) is 11.5 Å². The molecular formula is C12H13N5O4. The van der Waals surface area contributed by atoms with E-state index in [1.807, 2.05) is 0 Å². The highest BCUT2D eigenvalue weighted by atomic mass is 16.6. The van der Waals surface area contributed by atoms with Gasteiger partial charge < -0.3 is 15.0 Å². The van der Waals surface area contributed by atoms with Gasteiger partial charge in [-0.15, -0.1) is 0 Å². The zero-order chi connectivity index (χ0) is 15.4. The van der Waals surface area contributed by atoms with E-state index in [4.69, 9.17) is 5.11 Å². The predicted octanol–water partition coefficient (Wildman–Crippen LogP) is 1.31. The second-order valence-electron chi connectivity index (χ2n) is 4.34. The van der Waals surface area contributed by atoms with Crippen LogP contribution in [0.25, 0.3) is 0 Å². The first-order valence-electron chi connectivity index (χ1n) is 6.07. The maximum Gasteiger partial charge on any atom is 0.356 e. The normalized spacial score (nSPS) is 10.3. The number of pyridine rings is 1. The molecule has 0 aliphatic rings. The van der Waals surface area contributed by atoms with Crippen LogP contribution in [0.1, 0.15) is 16.1 Å². The number of hydrogen-bond acceptors (Lipinski definition) is 6. The van der Waals surface area contributed by atoms with Gasteiger partial charge in [0, 0.05) is 31.0 Å². The Hall–Kier alpha value is -2.97. The summed E-state index contributed by atoms with van der Waals surface area (Å²) in [5.74, 6) is -0.691. The lowest BCUT2D eigenvalue weighted by Gasteiger charge is -2.06. The van der Waals surface area contributed by atoms with Crippen LogP contribution in [0.5, 0.6) is 0 Å². The second kappa shape index (κ2) is 5.99. The third-order valence-electron chi connectivity index (χ3n) is 2.80. The van der Waals surface area contributed by atoms with E-state index in [1.165, 1.54) is 24.8 Å². The Morgan fingerprint density at radius 1 is 1.52 bits per heavy atom. The van der Waals surface area contributed by atoms with Gasteiger partial charge in [-0.25, -0.2) is 14.8 Å². The molecule has 2 aromatic heterocycles. The van der Waals surface area contributed by atoms with Gasteiger partial charge in [0.2, 0.25) is 0 Å². The van der Waals surface area contributed by atoms with Gasteiger partial charge in [-0.2, -0.15) is 0 Å². The predicted molar refractivity (Wildman–Crippen MR) is 73.3 cm³/mol. The van der Waals surface area contributed by atoms with Gasteiger partial charge in [0.05, 0.1) is 17.3 Å². The Morgan fingerprint density at radius 2 is 2.29 bits per heavy atom. The molecule has 0 aromatic carbocycles. The zero-order valence-corrected chi connectivity index (χ0v) is 11.2. The highest BCUT2D eigenvalue weighted by molar-refractivity contribution is 5.84. The monoisotopic (exact) mass is 291 g/mol. The summed E-state index contributed by atoms with van der Waals surface area (Å²) in [6.07, 6.45) is 4.26. The molecule has 0 amide bonds. The summed E-state index contributed by atoms with van der Waals surface area (Å²) in [5.41, 5.74) is 0.466. The number of carboxylic acid groups (broad SMARTS) is 1. The van der Waals surface area contributed by atoms with Gasteiger partial charge in [0.1, 0.15) is 5.82 Å². The van der Waals surface area contributed by atoms with Crippen LogP contribution in [0.15, 0.2) is 24.8 Å². The molecule has 21 heavy (non-hydrogen) atoms. The van der Waals surface area contributed by atoms with Crippen molar-refractivity contribution in [1.29, 1.82) is 0 Å². The largest absolute Gasteiger partial charge is 0.476 e. The smallest absolute Gasteiger partial charge is 0.356 e. The van der Waals surface area contributed by atoms with Gasteiger partial charge in [-0.1, -0.05) is 0 Å². The lowest BCUT2D eigenvalue weighted by molar-refractivity contribution is -0.385. The lowest BCUT2D eigenvalue weighted by atomic mass is 10.2. The highest BCUT2D eigenvalue weighted by Crippen LogP contribution is 2.19. The fraction of sp³-hybridized carbons (Fsp3) is 0.250. The first-order chi connectivity index (χ1) is 9.97. The van der Waals surface area contributed by atoms with Crippen molar-refractivity contribution in [3.05, 3.63) is 46.2 Å². The number of carbonyl (C=O) groups is 1. The maximum absolute atomic E-state index is 10.8. The third kappa shape index (κ3) is 3.53. The molecule has 0 saturated heterocycles. The van der Waals surface area contributed by atoms with E-state index in [0.717, 1.165) is 0 Å². The minimum Gasteiger partial charge on any atom is -0.476 e. The lowest BCUT2D eigenvalue weighted by Crippen LogP contribution is -2.10. The number of nitrogens with zero attached hydrogens (tertiary/aromatic N) is 4. The highest BCUT2D eigenvalue weighted by Gasteiger charge is 2.12. The summed E-state index contributed by atoms with van der Waals surface area (Å²) in [6.45, 7) is 2.51. The van der Waals surface area contributed by atoms with Gasteiger partial charge in [0.15, 0.2) is 5.69 Å². The first-order valence-corrected chi connectivity index (χ1v) is 6.07. The van der Waals surface area contributed by atoms with E-state index >= 15 is 0 Å². The number of anilines is 1. The van der Waals surface area contributed by atoms with Gasteiger partial charge in [-0.05, 0) is 6.92 Å². The van der Waals surface area contributed by atoms with E-state index in [1.54, 1.807) is 11.5 Å². The number of rotatable bonds is 6. The van der Waals surface area contributed by atoms with Crippen molar-refractivity contribution in [2.24, 2.45) is 0 Å². The summed E-state index contributed by atoms with van der Waals surface area (Å²) in [5, 5.41) is 22.5. The van der Waals surface area contributed by atoms with Gasteiger partial charge >= 0.3 is 5.97 Å². The molecule has 110 valence electrons. The molecule has 0 radical (unpaired) electrons. The summed E-state index contributed by atoms with van der Waals surface area (Å²) in [4.78, 5) is 28.8. The number of nitrogens with one attached hydrogen (secondary N) is 1. The van der Waals surface area contributed by atoms with Crippen molar-refractivity contribution in [3.8, 4) is 0 Å². The molecule has 0 unspecified atom stereocenters. The third-order valence-corrected chi connectivity index (χ3v) is 2.80. The molecule has 9 nitrogen and oxygen atoms in total. The molecule has 2 rings (SSSR count). The molecule has 2 aromatic rings. The van der Waals surface area contributed by atoms with Gasteiger partial charge in [-0.3, -0.25) is 10.1 Å². The standard InChI is InChI=1S/C12H13N5O4/c1-8-5-14-11(4-10(8)17(20)21)13-2-3-16-6-9(12(18)19)15-7-16/h4-7H,2-3H2,1H3,(H,13,14)(H,18,19). The fourth-order valence-electron chi connectivity index (χ4n) is 1.71. The Balaban J connectivity index is 1.95. The fourth-order valence-corrected chi connectivity index (χ4v) is 1.71. The average Bonchev–Trinajstić information content (AvgIpc) is 2.89. The molecule has 9 heteroatoms. The van der Waals surface area contributed by atoms with Crippen LogP contribution in [0.2, 0.25) is 0 Å². The summed E-state index contributed by atoms with van der Waals surface area (Å²) in [7, 11) is 0. The molecule has 0 aliphatic carbocycles. The van der Waals surface area contributed by atoms with E-state index in [-0.39, 0.29) is 11.4 Å². The Bertz CT molecular complexity index is 682. The second-order valence-corrected chi connectivity index (χ2v) is 4.34. The number of aromatic nitrogens is 3. The number of hydrogen-bond donors (Lipinski definition) is 2. The summed E-state index contributed by atoms with van der Waals surface area (Å²) in [6, 6.07) is 1.37. The topological polar surface area (TPSA) is 123 Å². The number of aromatic carboxylic acids is 1. The average molecular weight is 291 g/mol. The molecule has 0 aliphatic heterocycles. The van der Waals surface area contributed by atoms with Crippen molar-refractivity contribution in [3.63, 3.8) is 0 Å². The number of nitro groups is 1. The van der Waals surface area contributed by atoms with Gasteiger partial charge in [0.25, 0.3) is 5.69 Å². The molecule has 0 atom stereocenters. The van der Waals surface area contributed by atoms with Crippen LogP contribution in [0.3, 0.4) is 0 Å². The van der Waals surface area contributed by atoms with Crippen LogP contribution >= 0.6 is 0 Å². The number of imidazole rings is 1. The van der Waals surface area contributed by atoms with Crippen molar-refractivity contribution >= 4 is 17.5 Å². The maximum atomic E-state index is 10.8. The molecule has 0 spiro atoms. The zero-order valence-electron chi connectivity index (χ0n) is 11.2. The molecule has 2 heterocycles. The van der Waals surface area contributed by atoms with E-state index in [9.17, 15) is 14.9 Å². The van der Waals surface area contributed by atoms with E-state index < -0.39 is 10.9 Å². The number of aryl methyl sites for hydroxylation is 1. The van der Waals surface area contributed by atoms with E-state index in [0.29, 0.717) is 24.5 Å². The summed E-state index contributed by atoms with van der Waals surface area (Å²) >= 11 is 0. The minimum atomic E-state index is -1.09. The van der Waals surface area contributed by atoms with Crippen LogP contribution in [-0.2, 0) is 6.54 Å². The minimum absolute atomic E-state index is 0.00305.